The summed E-state index contributed by atoms with van der Waals surface area (Å²) in [5, 5.41) is 3.29. The van der Waals surface area contributed by atoms with Crippen molar-refractivity contribution in [2.45, 2.75) is 40.0 Å². The van der Waals surface area contributed by atoms with Gasteiger partial charge in [-0.15, -0.1) is 65.4 Å². The van der Waals surface area contributed by atoms with Gasteiger partial charge in [0.05, 0.1) is 15.3 Å². The van der Waals surface area contributed by atoms with E-state index in [1.54, 1.807) is 11.3 Å². The molecule has 7 aromatic rings. The van der Waals surface area contributed by atoms with Gasteiger partial charge in [-0.2, -0.15) is 0 Å². The SMILES string of the molecule is Cc1ccc(-c2[c-]ccc3c2oc2c3ccc3sc(C(C)(C)C)nc32)nc1.Cc1ccc(-c2[c-]cccc2)nc1.[Ir]. The number of aryl methyl sites for hydroxylation is 2. The van der Waals surface area contributed by atoms with Crippen LogP contribution in [0, 0.1) is 26.0 Å². The molecule has 7 rings (SSSR count). The summed E-state index contributed by atoms with van der Waals surface area (Å²) in [6.45, 7) is 10.6. The van der Waals surface area contributed by atoms with Crippen molar-refractivity contribution in [2.75, 3.05) is 0 Å². The number of benzene rings is 3. The van der Waals surface area contributed by atoms with E-state index in [1.165, 1.54) is 5.56 Å². The van der Waals surface area contributed by atoms with Gasteiger partial charge in [-0.05, 0) is 42.4 Å². The van der Waals surface area contributed by atoms with Crippen molar-refractivity contribution in [3.05, 3.63) is 113 Å². The van der Waals surface area contributed by atoms with Crippen LogP contribution in [-0.4, -0.2) is 15.0 Å². The molecule has 0 saturated carbocycles. The van der Waals surface area contributed by atoms with Crippen LogP contribution in [0.4, 0.5) is 0 Å². The zero-order chi connectivity index (χ0) is 27.9. The first-order valence-corrected chi connectivity index (χ1v) is 14.1. The zero-order valence-corrected chi connectivity index (χ0v) is 26.8. The molecule has 0 N–H and O–H groups in total. The van der Waals surface area contributed by atoms with Crippen LogP contribution in [0.15, 0.2) is 89.6 Å². The summed E-state index contributed by atoms with van der Waals surface area (Å²) in [5.41, 5.74) is 8.73. The number of rotatable bonds is 2. The third-order valence-corrected chi connectivity index (χ3v) is 8.11. The largest absolute Gasteiger partial charge is 0.498 e. The average molecular weight is 732 g/mol. The molecule has 4 aromatic heterocycles. The second kappa shape index (κ2) is 11.7. The maximum Gasteiger partial charge on any atom is 0.148 e. The Morgan fingerprint density at radius 3 is 2.07 bits per heavy atom. The first-order chi connectivity index (χ1) is 19.3. The Balaban J connectivity index is 0.000000204. The van der Waals surface area contributed by atoms with Gasteiger partial charge in [0, 0.05) is 43.3 Å². The molecule has 0 saturated heterocycles. The van der Waals surface area contributed by atoms with E-state index in [9.17, 15) is 0 Å². The molecule has 0 unspecified atom stereocenters. The van der Waals surface area contributed by atoms with Crippen LogP contribution in [-0.2, 0) is 25.5 Å². The van der Waals surface area contributed by atoms with E-state index in [4.69, 9.17) is 9.40 Å². The molecule has 0 atom stereocenters. The standard InChI is InChI=1S/C23H19N2OS.C12H10N.Ir/c1-13-8-10-17(24-12-13)16-7-5-6-14-15-9-11-18-19(21(15)26-20(14)16)25-22(27-18)23(2,3)4;1-10-7-8-12(13-9-10)11-5-3-2-4-6-11;/h5-6,8-12H,1-4H3;2-5,7-9H,1H3;/q2*-1;. The average Bonchev–Trinajstić information content (AvgIpc) is 3.57. The number of hydrogen-bond acceptors (Lipinski definition) is 5. The van der Waals surface area contributed by atoms with Gasteiger partial charge in [0.1, 0.15) is 11.1 Å². The second-order valence-corrected chi connectivity index (χ2v) is 12.0. The minimum atomic E-state index is 0. The molecule has 0 bridgehead atoms. The Labute approximate surface area is 257 Å². The topological polar surface area (TPSA) is 51.8 Å². The molecule has 1 radical (unpaired) electrons. The predicted octanol–water partition coefficient (Wildman–Crippen LogP) is 9.52. The molecule has 0 aliphatic heterocycles. The third-order valence-electron chi connectivity index (χ3n) is 6.66. The summed E-state index contributed by atoms with van der Waals surface area (Å²) >= 11 is 1.74. The van der Waals surface area contributed by atoms with Crippen LogP contribution >= 0.6 is 11.3 Å². The molecule has 0 spiro atoms. The zero-order valence-electron chi connectivity index (χ0n) is 23.6. The molecular formula is C35H29IrN3OS-2. The normalized spacial score (nSPS) is 11.3. The summed E-state index contributed by atoms with van der Waals surface area (Å²) in [7, 11) is 0. The van der Waals surface area contributed by atoms with E-state index in [0.717, 1.165) is 65.2 Å². The molecule has 4 heterocycles. The summed E-state index contributed by atoms with van der Waals surface area (Å²) in [6, 6.07) is 30.8. The number of nitrogens with zero attached hydrogens (tertiary/aromatic N) is 3. The van der Waals surface area contributed by atoms with Crippen molar-refractivity contribution in [3.8, 4) is 22.5 Å². The number of aromatic nitrogens is 3. The smallest absolute Gasteiger partial charge is 0.148 e. The van der Waals surface area contributed by atoms with Gasteiger partial charge in [-0.25, -0.2) is 4.98 Å². The van der Waals surface area contributed by atoms with Crippen LogP contribution in [0.1, 0.15) is 36.9 Å². The molecule has 6 heteroatoms. The first kappa shape index (κ1) is 28.8. The van der Waals surface area contributed by atoms with Crippen molar-refractivity contribution in [1.29, 1.82) is 0 Å². The van der Waals surface area contributed by atoms with Crippen LogP contribution < -0.4 is 0 Å². The molecule has 3 aromatic carbocycles. The second-order valence-electron chi connectivity index (χ2n) is 11.0. The number of furan rings is 1. The van der Waals surface area contributed by atoms with Gasteiger partial charge in [0.25, 0.3) is 0 Å². The van der Waals surface area contributed by atoms with Crippen LogP contribution in [0.25, 0.3) is 54.7 Å². The summed E-state index contributed by atoms with van der Waals surface area (Å²) in [6.07, 6.45) is 3.75. The Kier molecular flexibility index (Phi) is 8.19. The van der Waals surface area contributed by atoms with Gasteiger partial charge in [0.15, 0.2) is 0 Å². The fourth-order valence-electron chi connectivity index (χ4n) is 4.50. The first-order valence-electron chi connectivity index (χ1n) is 13.3. The maximum atomic E-state index is 6.38. The predicted molar refractivity (Wildman–Crippen MR) is 166 cm³/mol. The molecule has 0 amide bonds. The third kappa shape index (κ3) is 5.87. The van der Waals surface area contributed by atoms with Crippen molar-refractivity contribution in [3.63, 3.8) is 0 Å². The summed E-state index contributed by atoms with van der Waals surface area (Å²) < 4.78 is 7.54. The number of thiazole rings is 1. The van der Waals surface area contributed by atoms with Crippen molar-refractivity contribution >= 4 is 43.5 Å². The van der Waals surface area contributed by atoms with Gasteiger partial charge in [-0.3, -0.25) is 0 Å². The Morgan fingerprint density at radius 2 is 1.44 bits per heavy atom. The molecule has 207 valence electrons. The summed E-state index contributed by atoms with van der Waals surface area (Å²) in [5.74, 6) is 0. The Bertz CT molecular complexity index is 1930. The Morgan fingerprint density at radius 1 is 0.732 bits per heavy atom. The fraction of sp³-hybridized carbons (Fsp3) is 0.171. The fourth-order valence-corrected chi connectivity index (χ4v) is 5.52. The van der Waals surface area contributed by atoms with E-state index in [1.807, 2.05) is 68.7 Å². The number of pyridine rings is 2. The quantitative estimate of drug-likeness (QED) is 0.166. The van der Waals surface area contributed by atoms with Crippen molar-refractivity contribution in [2.24, 2.45) is 0 Å². The number of fused-ring (bicyclic) bond motifs is 5. The molecule has 4 nitrogen and oxygen atoms in total. The number of hydrogen-bond donors (Lipinski definition) is 0. The maximum absolute atomic E-state index is 6.38. The molecule has 0 aliphatic rings. The van der Waals surface area contributed by atoms with E-state index < -0.39 is 0 Å². The minimum Gasteiger partial charge on any atom is -0.498 e. The molecule has 41 heavy (non-hydrogen) atoms. The van der Waals surface area contributed by atoms with Gasteiger partial charge < -0.3 is 14.4 Å². The monoisotopic (exact) mass is 732 g/mol. The summed E-state index contributed by atoms with van der Waals surface area (Å²) in [4.78, 5) is 13.8. The van der Waals surface area contributed by atoms with Gasteiger partial charge >= 0.3 is 0 Å². The van der Waals surface area contributed by atoms with Crippen molar-refractivity contribution < 1.29 is 24.5 Å². The van der Waals surface area contributed by atoms with Crippen LogP contribution in [0.5, 0.6) is 0 Å². The van der Waals surface area contributed by atoms with Gasteiger partial charge in [0.2, 0.25) is 0 Å². The Hall–Kier alpha value is -3.70. The van der Waals surface area contributed by atoms with Gasteiger partial charge in [-0.1, -0.05) is 62.1 Å². The molecular weight excluding hydrogens is 703 g/mol. The van der Waals surface area contributed by atoms with E-state index in [0.29, 0.717) is 0 Å². The van der Waals surface area contributed by atoms with E-state index in [2.05, 4.69) is 73.2 Å². The van der Waals surface area contributed by atoms with E-state index >= 15 is 0 Å². The molecule has 0 aliphatic carbocycles. The minimum absolute atomic E-state index is 0. The van der Waals surface area contributed by atoms with Crippen LogP contribution in [0.3, 0.4) is 0 Å². The molecule has 0 fully saturated rings. The van der Waals surface area contributed by atoms with Crippen LogP contribution in [0.2, 0.25) is 0 Å². The van der Waals surface area contributed by atoms with E-state index in [-0.39, 0.29) is 25.5 Å². The van der Waals surface area contributed by atoms with Crippen molar-refractivity contribution in [1.82, 2.24) is 15.0 Å².